The summed E-state index contributed by atoms with van der Waals surface area (Å²) in [6.45, 7) is 7.00. The summed E-state index contributed by atoms with van der Waals surface area (Å²) in [6, 6.07) is 19.1. The maximum absolute atomic E-state index is 5.27. The van der Waals surface area contributed by atoms with Crippen molar-refractivity contribution >= 4 is 5.69 Å². The van der Waals surface area contributed by atoms with Gasteiger partial charge in [-0.05, 0) is 53.1 Å². The molecule has 7 nitrogen and oxygen atoms in total. The number of hydrogen-bond acceptors (Lipinski definition) is 6. The van der Waals surface area contributed by atoms with E-state index in [1.807, 2.05) is 22.9 Å². The van der Waals surface area contributed by atoms with Crippen LogP contribution in [-0.2, 0) is 13.0 Å². The van der Waals surface area contributed by atoms with Crippen LogP contribution >= 0.6 is 0 Å². The highest BCUT2D eigenvalue weighted by Gasteiger charge is 2.28. The van der Waals surface area contributed by atoms with E-state index in [-0.39, 0.29) is 6.04 Å². The van der Waals surface area contributed by atoms with Gasteiger partial charge in [0.1, 0.15) is 5.75 Å². The van der Waals surface area contributed by atoms with Gasteiger partial charge < -0.3 is 9.64 Å². The van der Waals surface area contributed by atoms with Gasteiger partial charge >= 0.3 is 0 Å². The van der Waals surface area contributed by atoms with Crippen molar-refractivity contribution in [1.29, 1.82) is 0 Å². The Bertz CT molecular complexity index is 903. The molecular weight excluding hydrogens is 376 g/mol. The largest absolute Gasteiger partial charge is 0.497 e. The second-order valence-corrected chi connectivity index (χ2v) is 7.64. The number of benzene rings is 2. The number of tetrazole rings is 1. The van der Waals surface area contributed by atoms with E-state index in [1.165, 1.54) is 11.3 Å². The van der Waals surface area contributed by atoms with E-state index in [1.54, 1.807) is 7.11 Å². The lowest BCUT2D eigenvalue weighted by Crippen LogP contribution is -2.48. The zero-order valence-corrected chi connectivity index (χ0v) is 17.8. The number of anilines is 1. The number of methoxy groups -OCH3 is 1. The van der Waals surface area contributed by atoms with Crippen molar-refractivity contribution in [3.8, 4) is 5.75 Å². The molecule has 1 aliphatic rings. The summed E-state index contributed by atoms with van der Waals surface area (Å²) < 4.78 is 7.26. The smallest absolute Gasteiger partial charge is 0.168 e. The molecule has 0 radical (unpaired) electrons. The molecule has 7 heteroatoms. The average Bonchev–Trinajstić information content (AvgIpc) is 3.28. The molecule has 0 bridgehead atoms. The normalized spacial score (nSPS) is 15.9. The topological polar surface area (TPSA) is 59.3 Å². The summed E-state index contributed by atoms with van der Waals surface area (Å²) in [5.41, 5.74) is 2.55. The molecule has 30 heavy (non-hydrogen) atoms. The number of rotatable bonds is 8. The Morgan fingerprint density at radius 3 is 2.37 bits per heavy atom. The van der Waals surface area contributed by atoms with E-state index in [0.29, 0.717) is 0 Å². The van der Waals surface area contributed by atoms with Crippen molar-refractivity contribution in [3.05, 3.63) is 66.0 Å². The zero-order chi connectivity index (χ0) is 20.8. The zero-order valence-electron chi connectivity index (χ0n) is 17.8. The van der Waals surface area contributed by atoms with Crippen LogP contribution in [0, 0.1) is 0 Å². The van der Waals surface area contributed by atoms with Gasteiger partial charge in [-0.1, -0.05) is 37.3 Å². The van der Waals surface area contributed by atoms with Gasteiger partial charge in [-0.2, -0.15) is 0 Å². The minimum absolute atomic E-state index is 0.244. The molecular formula is C23H30N6O. The molecule has 1 aliphatic heterocycles. The van der Waals surface area contributed by atoms with Gasteiger partial charge in [0.05, 0.1) is 13.2 Å². The van der Waals surface area contributed by atoms with Crippen LogP contribution in [0.3, 0.4) is 0 Å². The minimum Gasteiger partial charge on any atom is -0.497 e. The molecule has 2 heterocycles. The van der Waals surface area contributed by atoms with E-state index in [2.05, 4.69) is 68.6 Å². The molecule has 1 aromatic heterocycles. The monoisotopic (exact) mass is 406 g/mol. The number of piperazine rings is 1. The molecule has 0 amide bonds. The highest BCUT2D eigenvalue weighted by Crippen LogP contribution is 2.26. The highest BCUT2D eigenvalue weighted by atomic mass is 16.5. The minimum atomic E-state index is 0.244. The summed E-state index contributed by atoms with van der Waals surface area (Å²) in [6.07, 6.45) is 1.93. The first kappa shape index (κ1) is 20.3. The van der Waals surface area contributed by atoms with Crippen molar-refractivity contribution in [3.63, 3.8) is 0 Å². The second kappa shape index (κ2) is 9.71. The lowest BCUT2D eigenvalue weighted by Gasteiger charge is -2.39. The van der Waals surface area contributed by atoms with Crippen LogP contribution in [-0.4, -0.2) is 58.4 Å². The Balaban J connectivity index is 1.38. The van der Waals surface area contributed by atoms with E-state index in [0.717, 1.165) is 57.1 Å². The molecule has 1 atom stereocenters. The predicted octanol–water partition coefficient (Wildman–Crippen LogP) is 3.20. The summed E-state index contributed by atoms with van der Waals surface area (Å²) in [4.78, 5) is 4.95. The maximum atomic E-state index is 5.27. The highest BCUT2D eigenvalue weighted by molar-refractivity contribution is 5.49. The van der Waals surface area contributed by atoms with Crippen molar-refractivity contribution < 1.29 is 4.74 Å². The fourth-order valence-corrected chi connectivity index (χ4v) is 4.18. The van der Waals surface area contributed by atoms with Gasteiger partial charge in [-0.25, -0.2) is 4.68 Å². The van der Waals surface area contributed by atoms with E-state index >= 15 is 0 Å². The molecule has 158 valence electrons. The van der Waals surface area contributed by atoms with E-state index in [4.69, 9.17) is 4.74 Å². The molecule has 0 spiro atoms. The lowest BCUT2D eigenvalue weighted by molar-refractivity contribution is 0.169. The number of nitrogens with zero attached hydrogens (tertiary/aromatic N) is 6. The van der Waals surface area contributed by atoms with Crippen LogP contribution in [0.2, 0.25) is 0 Å². The van der Waals surface area contributed by atoms with Gasteiger partial charge in [0, 0.05) is 38.4 Å². The Labute approximate surface area is 178 Å². The lowest BCUT2D eigenvalue weighted by atomic mass is 10.1. The Morgan fingerprint density at radius 1 is 0.967 bits per heavy atom. The molecule has 4 rings (SSSR count). The van der Waals surface area contributed by atoms with Crippen LogP contribution in [0.1, 0.15) is 30.8 Å². The third kappa shape index (κ3) is 4.62. The van der Waals surface area contributed by atoms with Gasteiger partial charge in [-0.15, -0.1) is 5.10 Å². The first-order chi connectivity index (χ1) is 14.8. The number of hydrogen-bond donors (Lipinski definition) is 0. The predicted molar refractivity (Wildman–Crippen MR) is 118 cm³/mol. The summed E-state index contributed by atoms with van der Waals surface area (Å²) in [5.74, 6) is 1.87. The van der Waals surface area contributed by atoms with Crippen LogP contribution in [0.4, 0.5) is 5.69 Å². The SMILES string of the molecule is CC[C@@H](c1nnnn1CCc1ccccc1)N1CCN(c2ccc(OC)cc2)CC1. The van der Waals surface area contributed by atoms with Crippen LogP contribution in [0.5, 0.6) is 5.75 Å². The summed E-state index contributed by atoms with van der Waals surface area (Å²) in [7, 11) is 1.70. The van der Waals surface area contributed by atoms with Crippen molar-refractivity contribution in [2.24, 2.45) is 0 Å². The fourth-order valence-electron chi connectivity index (χ4n) is 4.18. The maximum Gasteiger partial charge on any atom is 0.168 e. The van der Waals surface area contributed by atoms with Crippen LogP contribution < -0.4 is 9.64 Å². The van der Waals surface area contributed by atoms with Gasteiger partial charge in [0.25, 0.3) is 0 Å². The van der Waals surface area contributed by atoms with Crippen LogP contribution in [0.25, 0.3) is 0 Å². The number of aryl methyl sites for hydroxylation is 2. The first-order valence-electron chi connectivity index (χ1n) is 10.7. The summed E-state index contributed by atoms with van der Waals surface area (Å²) >= 11 is 0. The Kier molecular flexibility index (Phi) is 6.59. The molecule has 0 aliphatic carbocycles. The van der Waals surface area contributed by atoms with Crippen molar-refractivity contribution in [1.82, 2.24) is 25.1 Å². The van der Waals surface area contributed by atoms with Gasteiger partial charge in [-0.3, -0.25) is 4.90 Å². The molecule has 1 saturated heterocycles. The standard InChI is InChI=1S/C23H30N6O/c1-3-22(23-24-25-26-29(23)14-13-19-7-5-4-6-8-19)28-17-15-27(16-18-28)20-9-11-21(30-2)12-10-20/h4-12,22H,3,13-18H2,1-2H3/t22-/m0/s1. The van der Waals surface area contributed by atoms with E-state index < -0.39 is 0 Å². The second-order valence-electron chi connectivity index (χ2n) is 7.64. The third-order valence-electron chi connectivity index (χ3n) is 5.89. The quantitative estimate of drug-likeness (QED) is 0.573. The van der Waals surface area contributed by atoms with Crippen LogP contribution in [0.15, 0.2) is 54.6 Å². The molecule has 3 aromatic rings. The Morgan fingerprint density at radius 2 is 1.70 bits per heavy atom. The summed E-state index contributed by atoms with van der Waals surface area (Å²) in [5, 5.41) is 12.7. The van der Waals surface area contributed by atoms with Gasteiger partial charge in [0.2, 0.25) is 0 Å². The molecule has 2 aromatic carbocycles. The Hall–Kier alpha value is -2.93. The number of aromatic nitrogens is 4. The number of ether oxygens (including phenoxy) is 1. The van der Waals surface area contributed by atoms with Gasteiger partial charge in [0.15, 0.2) is 5.82 Å². The molecule has 0 unspecified atom stereocenters. The molecule has 0 N–H and O–H groups in total. The van der Waals surface area contributed by atoms with Crippen molar-refractivity contribution in [2.45, 2.75) is 32.4 Å². The first-order valence-corrected chi connectivity index (χ1v) is 10.7. The molecule has 0 saturated carbocycles. The van der Waals surface area contributed by atoms with Crippen molar-refractivity contribution in [2.75, 3.05) is 38.2 Å². The average molecular weight is 407 g/mol. The third-order valence-corrected chi connectivity index (χ3v) is 5.89. The van der Waals surface area contributed by atoms with E-state index in [9.17, 15) is 0 Å². The molecule has 1 fully saturated rings. The fraction of sp³-hybridized carbons (Fsp3) is 0.435.